The number of anilines is 1. The SMILES string of the molecule is CCCC(=O)Nc1cc(C(=O)N(C)C[C@H]2COc3ccccc3O2)ccc1C. The summed E-state index contributed by atoms with van der Waals surface area (Å²) in [5.74, 6) is 1.23. The van der Waals surface area contributed by atoms with Gasteiger partial charge in [0.1, 0.15) is 6.61 Å². The number of hydrogen-bond donors (Lipinski definition) is 1. The zero-order chi connectivity index (χ0) is 20.1. The van der Waals surface area contributed by atoms with Gasteiger partial charge >= 0.3 is 0 Å². The molecule has 1 atom stereocenters. The fourth-order valence-corrected chi connectivity index (χ4v) is 3.09. The number of amides is 2. The van der Waals surface area contributed by atoms with Gasteiger partial charge in [-0.25, -0.2) is 0 Å². The lowest BCUT2D eigenvalue weighted by Gasteiger charge is -2.29. The summed E-state index contributed by atoms with van der Waals surface area (Å²) < 4.78 is 11.6. The fraction of sp³-hybridized carbons (Fsp3) is 0.364. The highest BCUT2D eigenvalue weighted by molar-refractivity contribution is 5.97. The molecule has 2 aromatic carbocycles. The van der Waals surface area contributed by atoms with Crippen LogP contribution in [-0.4, -0.2) is 43.0 Å². The maximum absolute atomic E-state index is 12.9. The van der Waals surface area contributed by atoms with Gasteiger partial charge in [-0.1, -0.05) is 25.1 Å². The van der Waals surface area contributed by atoms with E-state index in [1.807, 2.05) is 44.2 Å². The summed E-state index contributed by atoms with van der Waals surface area (Å²) in [7, 11) is 1.74. The summed E-state index contributed by atoms with van der Waals surface area (Å²) in [6, 6.07) is 12.9. The third-order valence-corrected chi connectivity index (χ3v) is 4.63. The van der Waals surface area contributed by atoms with Crippen molar-refractivity contribution in [1.82, 2.24) is 4.90 Å². The Morgan fingerprint density at radius 1 is 1.18 bits per heavy atom. The number of fused-ring (bicyclic) bond motifs is 1. The molecule has 1 N–H and O–H groups in total. The number of carbonyl (C=O) groups excluding carboxylic acids is 2. The van der Waals surface area contributed by atoms with E-state index in [1.54, 1.807) is 24.1 Å². The van der Waals surface area contributed by atoms with Crippen LogP contribution in [0.5, 0.6) is 11.5 Å². The Kier molecular flexibility index (Phi) is 6.19. The van der Waals surface area contributed by atoms with Crippen molar-refractivity contribution >= 4 is 17.5 Å². The van der Waals surface area contributed by atoms with Gasteiger partial charge in [-0.05, 0) is 43.2 Å². The summed E-state index contributed by atoms with van der Waals surface area (Å²) in [5, 5.41) is 2.88. The van der Waals surface area contributed by atoms with Gasteiger partial charge in [-0.15, -0.1) is 0 Å². The Morgan fingerprint density at radius 2 is 1.93 bits per heavy atom. The molecule has 1 heterocycles. The van der Waals surface area contributed by atoms with E-state index in [1.165, 1.54) is 0 Å². The number of nitrogens with one attached hydrogen (secondary N) is 1. The molecule has 3 rings (SSSR count). The monoisotopic (exact) mass is 382 g/mol. The number of benzene rings is 2. The van der Waals surface area contributed by atoms with Crippen molar-refractivity contribution in [1.29, 1.82) is 0 Å². The summed E-state index contributed by atoms with van der Waals surface area (Å²) in [5.41, 5.74) is 2.12. The van der Waals surface area contributed by atoms with E-state index < -0.39 is 0 Å². The third kappa shape index (κ3) is 4.63. The van der Waals surface area contributed by atoms with Crippen molar-refractivity contribution in [3.05, 3.63) is 53.6 Å². The molecule has 0 saturated heterocycles. The van der Waals surface area contributed by atoms with Crippen LogP contribution in [0.3, 0.4) is 0 Å². The molecule has 1 aliphatic rings. The Hall–Kier alpha value is -3.02. The van der Waals surface area contributed by atoms with Gasteiger partial charge in [0.05, 0.1) is 6.54 Å². The molecule has 28 heavy (non-hydrogen) atoms. The Morgan fingerprint density at radius 3 is 2.68 bits per heavy atom. The number of likely N-dealkylation sites (N-methyl/N-ethyl adjacent to an activating group) is 1. The highest BCUT2D eigenvalue weighted by Gasteiger charge is 2.24. The molecule has 0 spiro atoms. The number of nitrogens with zero attached hydrogens (tertiary/aromatic N) is 1. The number of ether oxygens (including phenoxy) is 2. The van der Waals surface area contributed by atoms with Gasteiger partial charge in [0.15, 0.2) is 17.6 Å². The molecule has 6 heteroatoms. The van der Waals surface area contributed by atoms with Crippen LogP contribution in [0.2, 0.25) is 0 Å². The maximum Gasteiger partial charge on any atom is 0.253 e. The van der Waals surface area contributed by atoms with Crippen molar-refractivity contribution in [2.24, 2.45) is 0 Å². The largest absolute Gasteiger partial charge is 0.486 e. The molecule has 1 aliphatic heterocycles. The molecule has 0 unspecified atom stereocenters. The van der Waals surface area contributed by atoms with Crippen LogP contribution in [0.15, 0.2) is 42.5 Å². The molecule has 0 aromatic heterocycles. The average Bonchev–Trinajstić information content (AvgIpc) is 2.69. The number of rotatable bonds is 6. The first kappa shape index (κ1) is 19.7. The number of aryl methyl sites for hydroxylation is 1. The van der Waals surface area contributed by atoms with Crippen LogP contribution >= 0.6 is 0 Å². The van der Waals surface area contributed by atoms with E-state index in [4.69, 9.17) is 9.47 Å². The van der Waals surface area contributed by atoms with Crippen molar-refractivity contribution < 1.29 is 19.1 Å². The Bertz CT molecular complexity index is 865. The van der Waals surface area contributed by atoms with Crippen LogP contribution in [0.4, 0.5) is 5.69 Å². The minimum absolute atomic E-state index is 0.0463. The van der Waals surface area contributed by atoms with E-state index in [2.05, 4.69) is 5.32 Å². The molecule has 0 bridgehead atoms. The molecule has 0 saturated carbocycles. The lowest BCUT2D eigenvalue weighted by molar-refractivity contribution is -0.116. The summed E-state index contributed by atoms with van der Waals surface area (Å²) in [4.78, 5) is 26.4. The molecule has 0 aliphatic carbocycles. The number of carbonyl (C=O) groups is 2. The standard InChI is InChI=1S/C22H26N2O4/c1-4-7-21(25)23-18-12-16(11-10-15(18)2)22(26)24(3)13-17-14-27-19-8-5-6-9-20(19)28-17/h5-6,8-12,17H,4,7,13-14H2,1-3H3,(H,23,25)/t17-/m0/s1. The third-order valence-electron chi connectivity index (χ3n) is 4.63. The molecule has 0 fully saturated rings. The van der Waals surface area contributed by atoms with Crippen LogP contribution in [-0.2, 0) is 4.79 Å². The first-order valence-corrected chi connectivity index (χ1v) is 9.52. The maximum atomic E-state index is 12.9. The quantitative estimate of drug-likeness (QED) is 0.828. The smallest absolute Gasteiger partial charge is 0.253 e. The lowest BCUT2D eigenvalue weighted by Crippen LogP contribution is -2.41. The van der Waals surface area contributed by atoms with Crippen LogP contribution < -0.4 is 14.8 Å². The molecule has 0 radical (unpaired) electrons. The normalized spacial score (nSPS) is 15.0. The molecular formula is C22H26N2O4. The van der Waals surface area contributed by atoms with Gasteiger partial charge in [0, 0.05) is 24.7 Å². The van der Waals surface area contributed by atoms with E-state index in [0.29, 0.717) is 36.6 Å². The number of hydrogen-bond acceptors (Lipinski definition) is 4. The second-order valence-electron chi connectivity index (χ2n) is 7.01. The topological polar surface area (TPSA) is 67.9 Å². The predicted octanol–water partition coefficient (Wildman–Crippen LogP) is 3.65. The molecule has 2 aromatic rings. The van der Waals surface area contributed by atoms with Crippen LogP contribution in [0.1, 0.15) is 35.7 Å². The predicted molar refractivity (Wildman–Crippen MR) is 108 cm³/mol. The zero-order valence-electron chi connectivity index (χ0n) is 16.5. The van der Waals surface area contributed by atoms with E-state index in [9.17, 15) is 9.59 Å². The highest BCUT2D eigenvalue weighted by Crippen LogP contribution is 2.31. The number of para-hydroxylation sites is 2. The molecule has 6 nitrogen and oxygen atoms in total. The van der Waals surface area contributed by atoms with Gasteiger partial charge in [0.25, 0.3) is 5.91 Å². The van der Waals surface area contributed by atoms with E-state index in [-0.39, 0.29) is 17.9 Å². The zero-order valence-corrected chi connectivity index (χ0v) is 16.5. The van der Waals surface area contributed by atoms with Crippen LogP contribution in [0, 0.1) is 6.92 Å². The average molecular weight is 382 g/mol. The van der Waals surface area contributed by atoms with Gasteiger partial charge in [-0.2, -0.15) is 0 Å². The molecule has 2 amide bonds. The van der Waals surface area contributed by atoms with Crippen molar-refractivity contribution in [3.63, 3.8) is 0 Å². The summed E-state index contributed by atoms with van der Waals surface area (Å²) in [6.45, 7) is 4.65. The van der Waals surface area contributed by atoms with Gasteiger partial charge < -0.3 is 19.7 Å². The van der Waals surface area contributed by atoms with E-state index >= 15 is 0 Å². The van der Waals surface area contributed by atoms with Gasteiger partial charge in [0.2, 0.25) is 5.91 Å². The second-order valence-corrected chi connectivity index (χ2v) is 7.01. The molecular weight excluding hydrogens is 356 g/mol. The second kappa shape index (κ2) is 8.78. The Labute approximate surface area is 165 Å². The minimum Gasteiger partial charge on any atom is -0.486 e. The summed E-state index contributed by atoms with van der Waals surface area (Å²) >= 11 is 0. The Balaban J connectivity index is 1.66. The van der Waals surface area contributed by atoms with Crippen molar-refractivity contribution in [2.75, 3.05) is 25.5 Å². The van der Waals surface area contributed by atoms with Gasteiger partial charge in [-0.3, -0.25) is 9.59 Å². The first-order valence-electron chi connectivity index (χ1n) is 9.52. The summed E-state index contributed by atoms with van der Waals surface area (Å²) in [6.07, 6.45) is 0.995. The van der Waals surface area contributed by atoms with E-state index in [0.717, 1.165) is 17.7 Å². The molecule has 148 valence electrons. The fourth-order valence-electron chi connectivity index (χ4n) is 3.09. The van der Waals surface area contributed by atoms with Crippen molar-refractivity contribution in [2.45, 2.75) is 32.8 Å². The minimum atomic E-state index is -0.238. The highest BCUT2D eigenvalue weighted by atomic mass is 16.6. The first-order chi connectivity index (χ1) is 13.5. The van der Waals surface area contributed by atoms with Crippen LogP contribution in [0.25, 0.3) is 0 Å². The lowest BCUT2D eigenvalue weighted by atomic mass is 10.1. The van der Waals surface area contributed by atoms with Crippen molar-refractivity contribution in [3.8, 4) is 11.5 Å².